The second-order valence-electron chi connectivity index (χ2n) is 6.13. The van der Waals surface area contributed by atoms with Gasteiger partial charge >= 0.3 is 0 Å². The molecule has 0 aliphatic heterocycles. The van der Waals surface area contributed by atoms with Gasteiger partial charge in [0.15, 0.2) is 0 Å². The third-order valence-electron chi connectivity index (χ3n) is 2.89. The van der Waals surface area contributed by atoms with Crippen LogP contribution >= 0.6 is 0 Å². The van der Waals surface area contributed by atoms with E-state index in [1.807, 2.05) is 7.05 Å². The number of hydrogen-bond donors (Lipinski definition) is 1. The van der Waals surface area contributed by atoms with E-state index in [9.17, 15) is 0 Å². The molecule has 104 valence electrons. The van der Waals surface area contributed by atoms with Gasteiger partial charge in [0, 0.05) is 6.54 Å². The van der Waals surface area contributed by atoms with Gasteiger partial charge < -0.3 is 5.32 Å². The summed E-state index contributed by atoms with van der Waals surface area (Å²) in [6.45, 7) is 7.56. The van der Waals surface area contributed by atoms with E-state index in [1.165, 1.54) is 17.6 Å². The molecule has 1 heteroatoms. The number of benzene rings is 1. The molecule has 0 atom stereocenters. The summed E-state index contributed by atoms with van der Waals surface area (Å²) in [5.74, 6) is 0. The number of rotatable bonds is 6. The van der Waals surface area contributed by atoms with E-state index in [2.05, 4.69) is 68.2 Å². The number of hydrogen-bond acceptors (Lipinski definition) is 1. The summed E-state index contributed by atoms with van der Waals surface area (Å²) in [7, 11) is 2.00. The van der Waals surface area contributed by atoms with E-state index in [0.717, 1.165) is 19.4 Å². The summed E-state index contributed by atoms with van der Waals surface area (Å²) in [6, 6.07) is 10.7. The molecular weight excluding hydrogens is 230 g/mol. The molecule has 0 aliphatic carbocycles. The predicted molar refractivity (Wildman–Crippen MR) is 84.4 cm³/mol. The van der Waals surface area contributed by atoms with Gasteiger partial charge in [0.05, 0.1) is 0 Å². The molecule has 19 heavy (non-hydrogen) atoms. The highest BCUT2D eigenvalue weighted by atomic mass is 14.8. The van der Waals surface area contributed by atoms with Crippen LogP contribution in [0.5, 0.6) is 0 Å². The van der Waals surface area contributed by atoms with E-state index < -0.39 is 0 Å². The number of likely N-dealkylation sites (N-methyl/N-ethyl adjacent to an activating group) is 1. The van der Waals surface area contributed by atoms with Crippen LogP contribution in [0.2, 0.25) is 0 Å². The standard InChI is InChI=1S/C18H27N/c1-18(2,3)14-13-17(15-19-4)12-8-11-16-9-6-5-7-10-16/h5-7,9-10,14,19H,8,11-12,15H2,1-4H3. The maximum atomic E-state index is 3.48. The zero-order valence-corrected chi connectivity index (χ0v) is 12.8. The largest absolute Gasteiger partial charge is 0.315 e. The Morgan fingerprint density at radius 3 is 2.47 bits per heavy atom. The van der Waals surface area contributed by atoms with Gasteiger partial charge in [-0.2, -0.15) is 0 Å². The van der Waals surface area contributed by atoms with Crippen LogP contribution in [0, 0.1) is 5.41 Å². The molecule has 1 nitrogen and oxygen atoms in total. The first-order valence-corrected chi connectivity index (χ1v) is 7.15. The SMILES string of the molecule is CNCC(=C=CC(C)(C)C)CCCc1ccccc1. The summed E-state index contributed by atoms with van der Waals surface area (Å²) < 4.78 is 0. The Hall–Kier alpha value is -1.30. The first-order chi connectivity index (χ1) is 9.01. The zero-order chi connectivity index (χ0) is 14.1. The first kappa shape index (κ1) is 15.8. The lowest BCUT2D eigenvalue weighted by Crippen LogP contribution is -2.10. The highest BCUT2D eigenvalue weighted by molar-refractivity contribution is 5.15. The second-order valence-corrected chi connectivity index (χ2v) is 6.13. The van der Waals surface area contributed by atoms with E-state index in [-0.39, 0.29) is 5.41 Å². The fourth-order valence-electron chi connectivity index (χ4n) is 1.89. The summed E-state index contributed by atoms with van der Waals surface area (Å²) in [5.41, 5.74) is 6.47. The molecular formula is C18H27N. The number of nitrogens with one attached hydrogen (secondary N) is 1. The van der Waals surface area contributed by atoms with Crippen molar-refractivity contribution in [2.24, 2.45) is 5.41 Å². The molecule has 1 N–H and O–H groups in total. The van der Waals surface area contributed by atoms with Crippen molar-refractivity contribution in [1.82, 2.24) is 5.32 Å². The summed E-state index contributed by atoms with van der Waals surface area (Å²) in [6.07, 6.45) is 5.63. The minimum Gasteiger partial charge on any atom is -0.315 e. The van der Waals surface area contributed by atoms with Crippen LogP contribution < -0.4 is 5.32 Å². The van der Waals surface area contributed by atoms with Crippen molar-refractivity contribution in [2.45, 2.75) is 40.0 Å². The van der Waals surface area contributed by atoms with Crippen LogP contribution in [0.15, 0.2) is 47.7 Å². The monoisotopic (exact) mass is 257 g/mol. The molecule has 0 bridgehead atoms. The molecule has 0 radical (unpaired) electrons. The molecule has 0 spiro atoms. The third kappa shape index (κ3) is 7.66. The molecule has 1 rings (SSSR count). The average molecular weight is 257 g/mol. The molecule has 0 heterocycles. The van der Waals surface area contributed by atoms with E-state index in [0.29, 0.717) is 0 Å². The smallest absolute Gasteiger partial charge is 0.0237 e. The summed E-state index contributed by atoms with van der Waals surface area (Å²) >= 11 is 0. The quantitative estimate of drug-likeness (QED) is 0.747. The maximum absolute atomic E-state index is 3.48. The zero-order valence-electron chi connectivity index (χ0n) is 12.8. The van der Waals surface area contributed by atoms with Gasteiger partial charge in [-0.05, 0) is 48.9 Å². The van der Waals surface area contributed by atoms with E-state index in [4.69, 9.17) is 0 Å². The van der Waals surface area contributed by atoms with Gasteiger partial charge in [-0.25, -0.2) is 0 Å². The van der Waals surface area contributed by atoms with Crippen LogP contribution in [0.3, 0.4) is 0 Å². The Kier molecular flexibility index (Phi) is 6.62. The summed E-state index contributed by atoms with van der Waals surface area (Å²) in [5, 5.41) is 3.23. The van der Waals surface area contributed by atoms with Crippen LogP contribution in [-0.4, -0.2) is 13.6 Å². The first-order valence-electron chi connectivity index (χ1n) is 7.15. The van der Waals surface area contributed by atoms with Gasteiger partial charge in [-0.3, -0.25) is 0 Å². The van der Waals surface area contributed by atoms with Crippen molar-refractivity contribution in [1.29, 1.82) is 0 Å². The Morgan fingerprint density at radius 2 is 1.89 bits per heavy atom. The Labute approximate surface area is 118 Å². The van der Waals surface area contributed by atoms with Crippen molar-refractivity contribution in [3.8, 4) is 0 Å². The second kappa shape index (κ2) is 7.99. The Balaban J connectivity index is 2.53. The average Bonchev–Trinajstić information content (AvgIpc) is 2.36. The molecule has 0 amide bonds. The molecule has 0 fully saturated rings. The van der Waals surface area contributed by atoms with Gasteiger partial charge in [0.1, 0.15) is 0 Å². The Morgan fingerprint density at radius 1 is 1.21 bits per heavy atom. The van der Waals surface area contributed by atoms with Gasteiger partial charge in [0.2, 0.25) is 0 Å². The van der Waals surface area contributed by atoms with Crippen LogP contribution in [-0.2, 0) is 6.42 Å². The van der Waals surface area contributed by atoms with Gasteiger partial charge in [-0.15, -0.1) is 5.73 Å². The molecule has 0 saturated heterocycles. The highest BCUT2D eigenvalue weighted by Gasteiger charge is 2.04. The maximum Gasteiger partial charge on any atom is 0.0237 e. The molecule has 0 saturated carbocycles. The minimum atomic E-state index is 0.207. The molecule has 1 aromatic rings. The molecule has 0 unspecified atom stereocenters. The van der Waals surface area contributed by atoms with Crippen LogP contribution in [0.1, 0.15) is 39.2 Å². The van der Waals surface area contributed by atoms with Gasteiger partial charge in [-0.1, -0.05) is 51.1 Å². The molecule has 1 aromatic carbocycles. The van der Waals surface area contributed by atoms with Crippen molar-refractivity contribution in [3.05, 3.63) is 53.3 Å². The fraction of sp³-hybridized carbons (Fsp3) is 0.500. The van der Waals surface area contributed by atoms with Crippen LogP contribution in [0.4, 0.5) is 0 Å². The Bertz CT molecular complexity index is 417. The topological polar surface area (TPSA) is 12.0 Å². The lowest BCUT2D eigenvalue weighted by Gasteiger charge is -2.10. The van der Waals surface area contributed by atoms with Crippen LogP contribution in [0.25, 0.3) is 0 Å². The third-order valence-corrected chi connectivity index (χ3v) is 2.89. The molecule has 0 aliphatic rings. The van der Waals surface area contributed by atoms with E-state index in [1.54, 1.807) is 0 Å². The summed E-state index contributed by atoms with van der Waals surface area (Å²) in [4.78, 5) is 0. The van der Waals surface area contributed by atoms with Crippen molar-refractivity contribution in [2.75, 3.05) is 13.6 Å². The normalized spacial score (nSPS) is 10.9. The lowest BCUT2D eigenvalue weighted by molar-refractivity contribution is 0.544. The van der Waals surface area contributed by atoms with Gasteiger partial charge in [0.25, 0.3) is 0 Å². The van der Waals surface area contributed by atoms with E-state index >= 15 is 0 Å². The highest BCUT2D eigenvalue weighted by Crippen LogP contribution is 2.15. The molecule has 0 aromatic heterocycles. The van der Waals surface area contributed by atoms with Crippen molar-refractivity contribution in [3.63, 3.8) is 0 Å². The number of aryl methyl sites for hydroxylation is 1. The van der Waals surface area contributed by atoms with Crippen molar-refractivity contribution >= 4 is 0 Å². The predicted octanol–water partition coefficient (Wildman–Crippen LogP) is 4.36. The minimum absolute atomic E-state index is 0.207. The lowest BCUT2D eigenvalue weighted by atomic mass is 9.96. The fourth-order valence-corrected chi connectivity index (χ4v) is 1.89. The van der Waals surface area contributed by atoms with Crippen molar-refractivity contribution < 1.29 is 0 Å².